The van der Waals surface area contributed by atoms with Crippen molar-refractivity contribution >= 4 is 27.1 Å². The SMILES string of the molecule is Cc1ccc(S(=O)(=O)Cc2csc(-c3cccc(C(=O)O)c3)n2)nc1. The second-order valence-electron chi connectivity index (χ2n) is 5.46. The van der Waals surface area contributed by atoms with Crippen molar-refractivity contribution in [3.63, 3.8) is 0 Å². The number of hydrogen-bond acceptors (Lipinski definition) is 6. The lowest BCUT2D eigenvalue weighted by molar-refractivity contribution is 0.0697. The first-order chi connectivity index (χ1) is 11.8. The predicted octanol–water partition coefficient (Wildman–Crippen LogP) is 3.19. The number of sulfone groups is 1. The molecule has 0 aliphatic rings. The number of pyridine rings is 1. The highest BCUT2D eigenvalue weighted by Crippen LogP contribution is 2.26. The van der Waals surface area contributed by atoms with E-state index >= 15 is 0 Å². The lowest BCUT2D eigenvalue weighted by Crippen LogP contribution is -2.07. The molecule has 2 aromatic heterocycles. The van der Waals surface area contributed by atoms with Crippen LogP contribution in [-0.4, -0.2) is 29.5 Å². The fourth-order valence-corrected chi connectivity index (χ4v) is 4.29. The molecule has 0 aliphatic heterocycles. The van der Waals surface area contributed by atoms with Crippen LogP contribution in [0, 0.1) is 6.92 Å². The van der Waals surface area contributed by atoms with Crippen LogP contribution in [0.3, 0.4) is 0 Å². The van der Waals surface area contributed by atoms with Gasteiger partial charge in [0, 0.05) is 17.1 Å². The Hall–Kier alpha value is -2.58. The fraction of sp³-hybridized carbons (Fsp3) is 0.118. The molecule has 2 heterocycles. The molecule has 128 valence electrons. The van der Waals surface area contributed by atoms with Gasteiger partial charge in [0.05, 0.1) is 17.0 Å². The number of aromatic carboxylic acids is 1. The van der Waals surface area contributed by atoms with Crippen molar-refractivity contribution in [1.29, 1.82) is 0 Å². The van der Waals surface area contributed by atoms with Crippen LogP contribution in [0.4, 0.5) is 0 Å². The van der Waals surface area contributed by atoms with E-state index in [2.05, 4.69) is 9.97 Å². The third kappa shape index (κ3) is 3.92. The Morgan fingerprint density at radius 2 is 2.04 bits per heavy atom. The van der Waals surface area contributed by atoms with Crippen LogP contribution in [0.15, 0.2) is 53.0 Å². The van der Waals surface area contributed by atoms with Crippen LogP contribution < -0.4 is 0 Å². The van der Waals surface area contributed by atoms with Crippen molar-refractivity contribution in [2.24, 2.45) is 0 Å². The van der Waals surface area contributed by atoms with Crippen LogP contribution in [0.5, 0.6) is 0 Å². The summed E-state index contributed by atoms with van der Waals surface area (Å²) in [6.45, 7) is 1.83. The van der Waals surface area contributed by atoms with E-state index in [9.17, 15) is 13.2 Å². The summed E-state index contributed by atoms with van der Waals surface area (Å²) in [7, 11) is -3.58. The largest absolute Gasteiger partial charge is 0.478 e. The summed E-state index contributed by atoms with van der Waals surface area (Å²) in [5.41, 5.74) is 2.09. The maximum atomic E-state index is 12.4. The molecule has 8 heteroatoms. The lowest BCUT2D eigenvalue weighted by Gasteiger charge is -2.02. The Kier molecular flexibility index (Phi) is 4.65. The summed E-state index contributed by atoms with van der Waals surface area (Å²) < 4.78 is 24.9. The minimum absolute atomic E-state index is 0.0144. The molecule has 3 rings (SSSR count). The Labute approximate surface area is 148 Å². The number of thiazole rings is 1. The molecule has 0 bridgehead atoms. The van der Waals surface area contributed by atoms with Crippen molar-refractivity contribution in [1.82, 2.24) is 9.97 Å². The molecule has 0 atom stereocenters. The Morgan fingerprint density at radius 1 is 1.24 bits per heavy atom. The van der Waals surface area contributed by atoms with Crippen molar-refractivity contribution in [3.8, 4) is 10.6 Å². The monoisotopic (exact) mass is 374 g/mol. The molecule has 3 aromatic rings. The molecule has 0 spiro atoms. The van der Waals surface area contributed by atoms with Crippen LogP contribution in [0.1, 0.15) is 21.6 Å². The highest BCUT2D eigenvalue weighted by atomic mass is 32.2. The average Bonchev–Trinajstić information content (AvgIpc) is 3.03. The van der Waals surface area contributed by atoms with E-state index in [-0.39, 0.29) is 16.3 Å². The molecule has 0 radical (unpaired) electrons. The van der Waals surface area contributed by atoms with Gasteiger partial charge in [0.25, 0.3) is 0 Å². The summed E-state index contributed by atoms with van der Waals surface area (Å²) in [6.07, 6.45) is 1.51. The number of carboxylic acids is 1. The van der Waals surface area contributed by atoms with Crippen molar-refractivity contribution in [3.05, 3.63) is 64.8 Å². The van der Waals surface area contributed by atoms with E-state index in [1.165, 1.54) is 35.7 Å². The summed E-state index contributed by atoms with van der Waals surface area (Å²) in [5, 5.41) is 11.3. The number of hydrogen-bond donors (Lipinski definition) is 1. The molecule has 1 aromatic carbocycles. The summed E-state index contributed by atoms with van der Waals surface area (Å²) in [5.74, 6) is -1.27. The van der Waals surface area contributed by atoms with Gasteiger partial charge in [-0.25, -0.2) is 23.2 Å². The zero-order valence-electron chi connectivity index (χ0n) is 13.2. The van der Waals surface area contributed by atoms with Crippen molar-refractivity contribution in [2.75, 3.05) is 0 Å². The number of carbonyl (C=O) groups is 1. The minimum Gasteiger partial charge on any atom is -0.478 e. The van der Waals surface area contributed by atoms with Gasteiger partial charge in [0.15, 0.2) is 5.03 Å². The molecule has 6 nitrogen and oxygen atoms in total. The van der Waals surface area contributed by atoms with Gasteiger partial charge in [0.2, 0.25) is 9.84 Å². The van der Waals surface area contributed by atoms with E-state index in [1.807, 2.05) is 6.92 Å². The van der Waals surface area contributed by atoms with Gasteiger partial charge in [0.1, 0.15) is 5.01 Å². The van der Waals surface area contributed by atoms with Crippen LogP contribution in [0.2, 0.25) is 0 Å². The zero-order chi connectivity index (χ0) is 18.0. The maximum absolute atomic E-state index is 12.4. The Balaban J connectivity index is 1.85. The molecular weight excluding hydrogens is 360 g/mol. The number of benzene rings is 1. The number of rotatable bonds is 5. The molecule has 0 aliphatic carbocycles. The quantitative estimate of drug-likeness (QED) is 0.737. The first kappa shape index (κ1) is 17.2. The molecule has 0 fully saturated rings. The zero-order valence-corrected chi connectivity index (χ0v) is 14.8. The first-order valence-corrected chi connectivity index (χ1v) is 9.82. The van der Waals surface area contributed by atoms with Gasteiger partial charge >= 0.3 is 5.97 Å². The highest BCUT2D eigenvalue weighted by Gasteiger charge is 2.19. The van der Waals surface area contributed by atoms with Gasteiger partial charge in [-0.1, -0.05) is 18.2 Å². The van der Waals surface area contributed by atoms with Gasteiger partial charge in [-0.3, -0.25) is 0 Å². The van der Waals surface area contributed by atoms with Crippen molar-refractivity contribution in [2.45, 2.75) is 17.7 Å². The third-order valence-electron chi connectivity index (χ3n) is 3.45. The molecule has 25 heavy (non-hydrogen) atoms. The number of aryl methyl sites for hydroxylation is 1. The van der Waals surface area contributed by atoms with Crippen LogP contribution in [-0.2, 0) is 15.6 Å². The van der Waals surface area contributed by atoms with Gasteiger partial charge in [-0.15, -0.1) is 11.3 Å². The van der Waals surface area contributed by atoms with Gasteiger partial charge < -0.3 is 5.11 Å². The second-order valence-corrected chi connectivity index (χ2v) is 8.26. The molecule has 0 amide bonds. The third-order valence-corrected chi connectivity index (χ3v) is 5.94. The maximum Gasteiger partial charge on any atom is 0.335 e. The molecule has 0 saturated heterocycles. The molecule has 1 N–H and O–H groups in total. The fourth-order valence-electron chi connectivity index (χ4n) is 2.20. The Bertz CT molecular complexity index is 1020. The van der Waals surface area contributed by atoms with E-state index in [0.29, 0.717) is 16.3 Å². The van der Waals surface area contributed by atoms with Crippen LogP contribution >= 0.6 is 11.3 Å². The predicted molar refractivity (Wildman–Crippen MR) is 94.4 cm³/mol. The number of nitrogens with zero attached hydrogens (tertiary/aromatic N) is 2. The summed E-state index contributed by atoms with van der Waals surface area (Å²) >= 11 is 1.27. The molecule has 0 unspecified atom stereocenters. The average molecular weight is 374 g/mol. The van der Waals surface area contributed by atoms with E-state index in [0.717, 1.165) is 5.56 Å². The van der Waals surface area contributed by atoms with Crippen molar-refractivity contribution < 1.29 is 18.3 Å². The van der Waals surface area contributed by atoms with E-state index in [4.69, 9.17) is 5.11 Å². The van der Waals surface area contributed by atoms with Crippen LogP contribution in [0.25, 0.3) is 10.6 Å². The minimum atomic E-state index is -3.58. The topological polar surface area (TPSA) is 97.2 Å². The van der Waals surface area contributed by atoms with E-state index in [1.54, 1.807) is 23.6 Å². The number of aromatic nitrogens is 2. The molecular formula is C17H14N2O4S2. The van der Waals surface area contributed by atoms with E-state index < -0.39 is 15.8 Å². The second kappa shape index (κ2) is 6.73. The van der Waals surface area contributed by atoms with Gasteiger partial charge in [-0.2, -0.15) is 0 Å². The summed E-state index contributed by atoms with van der Waals surface area (Å²) in [4.78, 5) is 19.3. The normalized spacial score (nSPS) is 11.4. The first-order valence-electron chi connectivity index (χ1n) is 7.29. The lowest BCUT2D eigenvalue weighted by atomic mass is 10.1. The standard InChI is InChI=1S/C17H14N2O4S2/c1-11-5-6-15(18-8-11)25(22,23)10-14-9-24-16(19-14)12-3-2-4-13(7-12)17(20)21/h2-9H,10H2,1H3,(H,20,21). The highest BCUT2D eigenvalue weighted by molar-refractivity contribution is 7.90. The summed E-state index contributed by atoms with van der Waals surface area (Å²) in [6, 6.07) is 9.56. The Morgan fingerprint density at radius 3 is 2.72 bits per heavy atom. The number of carboxylic acid groups (broad SMARTS) is 1. The molecule has 0 saturated carbocycles. The van der Waals surface area contributed by atoms with Gasteiger partial charge in [-0.05, 0) is 30.7 Å². The smallest absolute Gasteiger partial charge is 0.335 e.